The first-order valence-electron chi connectivity index (χ1n) is 6.08. The minimum atomic E-state index is -3.61. The molecule has 2 rings (SSSR count). The van der Waals surface area contributed by atoms with Gasteiger partial charge in [-0.05, 0) is 31.2 Å². The van der Waals surface area contributed by atoms with Crippen molar-refractivity contribution < 1.29 is 13.2 Å². The van der Waals surface area contributed by atoms with Gasteiger partial charge in [0.05, 0.1) is 10.6 Å². The molecule has 0 heterocycles. The lowest BCUT2D eigenvalue weighted by Crippen LogP contribution is -2.26. The molecule has 0 aliphatic heterocycles. The first kappa shape index (κ1) is 14.3. The molecule has 0 amide bonds. The van der Waals surface area contributed by atoms with Crippen LogP contribution in [0.2, 0.25) is 0 Å². The third-order valence-electron chi connectivity index (χ3n) is 3.04. The number of benzene rings is 2. The van der Waals surface area contributed by atoms with Crippen LogP contribution in [-0.2, 0) is 10.0 Å². The van der Waals surface area contributed by atoms with Crippen LogP contribution in [-0.4, -0.2) is 21.2 Å². The summed E-state index contributed by atoms with van der Waals surface area (Å²) in [6, 6.07) is 14.8. The number of nitrogens with zero attached hydrogens (tertiary/aromatic N) is 1. The van der Waals surface area contributed by atoms with Crippen LogP contribution in [0.5, 0.6) is 0 Å². The number of carbonyl (C=O) groups excluding carboxylic acids is 1. The van der Waals surface area contributed by atoms with Crippen molar-refractivity contribution in [1.29, 1.82) is 0 Å². The largest absolute Gasteiger partial charge is 0.295 e. The fourth-order valence-corrected chi connectivity index (χ4v) is 2.99. The second-order valence-corrected chi connectivity index (χ2v) is 6.36. The summed E-state index contributed by atoms with van der Waals surface area (Å²) in [5, 5.41) is 0. The lowest BCUT2D eigenvalue weighted by Gasteiger charge is -2.19. The number of para-hydroxylation sites is 1. The maximum atomic E-state index is 12.5. The van der Waals surface area contributed by atoms with Gasteiger partial charge in [0.2, 0.25) is 0 Å². The van der Waals surface area contributed by atoms with E-state index in [1.807, 2.05) is 6.07 Å². The lowest BCUT2D eigenvalue weighted by molar-refractivity contribution is 0.101. The number of hydrogen-bond donors (Lipinski definition) is 0. The molecule has 0 aromatic heterocycles. The van der Waals surface area contributed by atoms with Gasteiger partial charge in [-0.1, -0.05) is 30.3 Å². The van der Waals surface area contributed by atoms with E-state index in [-0.39, 0.29) is 10.7 Å². The minimum absolute atomic E-state index is 0.0923. The van der Waals surface area contributed by atoms with Gasteiger partial charge in [0.1, 0.15) is 0 Å². The van der Waals surface area contributed by atoms with Crippen LogP contribution in [0.15, 0.2) is 59.5 Å². The fraction of sp³-hybridized carbons (Fsp3) is 0.133. The summed E-state index contributed by atoms with van der Waals surface area (Å²) in [5.41, 5.74) is 1.08. The normalized spacial score (nSPS) is 11.1. The van der Waals surface area contributed by atoms with Crippen molar-refractivity contribution in [2.45, 2.75) is 11.8 Å². The van der Waals surface area contributed by atoms with E-state index in [2.05, 4.69) is 0 Å². The number of Topliss-reactive ketones (excluding diaryl/α,β-unsaturated/α-hetero) is 1. The highest BCUT2D eigenvalue weighted by molar-refractivity contribution is 7.92. The Morgan fingerprint density at radius 3 is 2.00 bits per heavy atom. The standard InChI is InChI=1S/C15H15NO3S/c1-12(17)13-8-10-15(11-9-13)20(18,19)16(2)14-6-4-3-5-7-14/h3-11H,1-2H3. The summed E-state index contributed by atoms with van der Waals surface area (Å²) < 4.78 is 26.1. The van der Waals surface area contributed by atoms with Crippen LogP contribution in [0.1, 0.15) is 17.3 Å². The molecule has 2 aromatic carbocycles. The summed E-state index contributed by atoms with van der Waals surface area (Å²) in [4.78, 5) is 11.4. The smallest absolute Gasteiger partial charge is 0.264 e. The lowest BCUT2D eigenvalue weighted by atomic mass is 10.2. The Bertz CT molecular complexity index is 707. The highest BCUT2D eigenvalue weighted by atomic mass is 32.2. The third-order valence-corrected chi connectivity index (χ3v) is 4.84. The number of ketones is 1. The van der Waals surface area contributed by atoms with Gasteiger partial charge in [-0.25, -0.2) is 8.42 Å². The van der Waals surface area contributed by atoms with Crippen molar-refractivity contribution in [3.8, 4) is 0 Å². The molecule has 0 saturated carbocycles. The first-order chi connectivity index (χ1) is 9.43. The monoisotopic (exact) mass is 289 g/mol. The maximum absolute atomic E-state index is 12.5. The van der Waals surface area contributed by atoms with E-state index in [1.165, 1.54) is 42.5 Å². The molecule has 0 radical (unpaired) electrons. The van der Waals surface area contributed by atoms with Crippen molar-refractivity contribution in [2.24, 2.45) is 0 Å². The molecule has 0 N–H and O–H groups in total. The van der Waals surface area contributed by atoms with Gasteiger partial charge < -0.3 is 0 Å². The Kier molecular flexibility index (Phi) is 3.90. The zero-order valence-electron chi connectivity index (χ0n) is 11.3. The number of sulfonamides is 1. The predicted molar refractivity (Wildman–Crippen MR) is 78.5 cm³/mol. The molecule has 4 nitrogen and oxygen atoms in total. The van der Waals surface area contributed by atoms with Gasteiger partial charge in [-0.3, -0.25) is 9.10 Å². The molecule has 0 spiro atoms. The van der Waals surface area contributed by atoms with E-state index in [9.17, 15) is 13.2 Å². The van der Waals surface area contributed by atoms with Crippen LogP contribution in [0, 0.1) is 0 Å². The van der Waals surface area contributed by atoms with Crippen molar-refractivity contribution >= 4 is 21.5 Å². The van der Waals surface area contributed by atoms with Gasteiger partial charge in [0.25, 0.3) is 10.0 Å². The highest BCUT2D eigenvalue weighted by Gasteiger charge is 2.21. The van der Waals surface area contributed by atoms with Gasteiger partial charge in [-0.15, -0.1) is 0 Å². The average molecular weight is 289 g/mol. The Hall–Kier alpha value is -2.14. The fourth-order valence-electron chi connectivity index (χ4n) is 1.80. The van der Waals surface area contributed by atoms with Gasteiger partial charge in [0.15, 0.2) is 5.78 Å². The van der Waals surface area contributed by atoms with Crippen molar-refractivity contribution in [3.05, 3.63) is 60.2 Å². The minimum Gasteiger partial charge on any atom is -0.295 e. The number of carbonyl (C=O) groups is 1. The molecule has 5 heteroatoms. The Morgan fingerprint density at radius 2 is 1.50 bits per heavy atom. The summed E-state index contributed by atoms with van der Waals surface area (Å²) in [6.07, 6.45) is 0. The van der Waals surface area contributed by atoms with Crippen molar-refractivity contribution in [1.82, 2.24) is 0 Å². The molecular weight excluding hydrogens is 274 g/mol. The maximum Gasteiger partial charge on any atom is 0.264 e. The molecule has 0 bridgehead atoms. The second kappa shape index (κ2) is 5.46. The zero-order chi connectivity index (χ0) is 14.8. The van der Waals surface area contributed by atoms with Crippen LogP contribution >= 0.6 is 0 Å². The highest BCUT2D eigenvalue weighted by Crippen LogP contribution is 2.21. The molecule has 104 valence electrons. The zero-order valence-corrected chi connectivity index (χ0v) is 12.1. The van der Waals surface area contributed by atoms with E-state index in [4.69, 9.17) is 0 Å². The van der Waals surface area contributed by atoms with E-state index in [0.29, 0.717) is 11.3 Å². The van der Waals surface area contributed by atoms with Crippen LogP contribution in [0.25, 0.3) is 0 Å². The van der Waals surface area contributed by atoms with E-state index in [1.54, 1.807) is 24.3 Å². The molecule has 0 atom stereocenters. The van der Waals surface area contributed by atoms with E-state index in [0.717, 1.165) is 0 Å². The first-order valence-corrected chi connectivity index (χ1v) is 7.52. The SMILES string of the molecule is CC(=O)c1ccc(S(=O)(=O)N(C)c2ccccc2)cc1. The van der Waals surface area contributed by atoms with Crippen molar-refractivity contribution in [2.75, 3.05) is 11.4 Å². The Labute approximate surface area is 118 Å². The number of hydrogen-bond acceptors (Lipinski definition) is 3. The Morgan fingerprint density at radius 1 is 0.950 bits per heavy atom. The molecule has 0 aliphatic carbocycles. The third kappa shape index (κ3) is 2.72. The summed E-state index contributed by atoms with van der Waals surface area (Å²) in [5.74, 6) is -0.0923. The predicted octanol–water partition coefficient (Wildman–Crippen LogP) is 2.71. The second-order valence-electron chi connectivity index (χ2n) is 4.39. The Balaban J connectivity index is 2.37. The number of rotatable bonds is 4. The van der Waals surface area contributed by atoms with Crippen LogP contribution in [0.3, 0.4) is 0 Å². The van der Waals surface area contributed by atoms with E-state index < -0.39 is 10.0 Å². The molecular formula is C15H15NO3S. The quantitative estimate of drug-likeness (QED) is 0.813. The van der Waals surface area contributed by atoms with Gasteiger partial charge in [-0.2, -0.15) is 0 Å². The van der Waals surface area contributed by atoms with E-state index >= 15 is 0 Å². The molecule has 0 saturated heterocycles. The number of anilines is 1. The molecule has 20 heavy (non-hydrogen) atoms. The van der Waals surface area contributed by atoms with Gasteiger partial charge in [0, 0.05) is 12.6 Å². The summed E-state index contributed by atoms with van der Waals surface area (Å²) >= 11 is 0. The van der Waals surface area contributed by atoms with Crippen molar-refractivity contribution in [3.63, 3.8) is 0 Å². The molecule has 0 aliphatic rings. The molecule has 2 aromatic rings. The summed E-state index contributed by atoms with van der Waals surface area (Å²) in [6.45, 7) is 1.44. The van der Waals surface area contributed by atoms with Crippen LogP contribution in [0.4, 0.5) is 5.69 Å². The summed E-state index contributed by atoms with van der Waals surface area (Å²) in [7, 11) is -2.11. The van der Waals surface area contributed by atoms with Gasteiger partial charge >= 0.3 is 0 Å². The van der Waals surface area contributed by atoms with Crippen LogP contribution < -0.4 is 4.31 Å². The molecule has 0 unspecified atom stereocenters. The average Bonchev–Trinajstić information content (AvgIpc) is 2.47. The topological polar surface area (TPSA) is 54.5 Å². The molecule has 0 fully saturated rings.